The predicted molar refractivity (Wildman–Crippen MR) is 56.6 cm³/mol. The SMILES string of the molecule is Cc1occc1C(O)c1ccsc1C. The first kappa shape index (κ1) is 9.49. The van der Waals surface area contributed by atoms with Gasteiger partial charge >= 0.3 is 0 Å². The van der Waals surface area contributed by atoms with Crippen LogP contribution in [0.25, 0.3) is 0 Å². The first-order valence-electron chi connectivity index (χ1n) is 4.46. The fourth-order valence-electron chi connectivity index (χ4n) is 1.52. The minimum atomic E-state index is -0.556. The Labute approximate surface area is 86.8 Å². The molecule has 3 heteroatoms. The molecule has 0 aliphatic carbocycles. The number of aliphatic hydroxyl groups excluding tert-OH is 1. The van der Waals surface area contributed by atoms with Gasteiger partial charge in [-0.15, -0.1) is 11.3 Å². The topological polar surface area (TPSA) is 33.4 Å². The summed E-state index contributed by atoms with van der Waals surface area (Å²) in [5.41, 5.74) is 1.83. The van der Waals surface area contributed by atoms with Gasteiger partial charge in [0.05, 0.1) is 6.26 Å². The van der Waals surface area contributed by atoms with Crippen LogP contribution >= 0.6 is 11.3 Å². The fourth-order valence-corrected chi connectivity index (χ4v) is 2.26. The van der Waals surface area contributed by atoms with Gasteiger partial charge in [-0.3, -0.25) is 0 Å². The zero-order chi connectivity index (χ0) is 10.1. The van der Waals surface area contributed by atoms with Crippen LogP contribution in [0.3, 0.4) is 0 Å². The second kappa shape index (κ2) is 3.59. The molecule has 2 heterocycles. The van der Waals surface area contributed by atoms with Crippen LogP contribution in [0.5, 0.6) is 0 Å². The van der Waals surface area contributed by atoms with E-state index in [9.17, 15) is 5.11 Å². The van der Waals surface area contributed by atoms with Gasteiger partial charge in [-0.1, -0.05) is 0 Å². The Hall–Kier alpha value is -1.06. The van der Waals surface area contributed by atoms with Gasteiger partial charge < -0.3 is 9.52 Å². The van der Waals surface area contributed by atoms with Crippen molar-refractivity contribution in [2.75, 3.05) is 0 Å². The van der Waals surface area contributed by atoms with E-state index in [0.717, 1.165) is 21.8 Å². The Morgan fingerprint density at radius 2 is 2.07 bits per heavy atom. The lowest BCUT2D eigenvalue weighted by molar-refractivity contribution is 0.218. The number of aryl methyl sites for hydroxylation is 2. The number of hydrogen-bond acceptors (Lipinski definition) is 3. The van der Waals surface area contributed by atoms with Crippen LogP contribution in [-0.2, 0) is 0 Å². The molecular weight excluding hydrogens is 196 g/mol. The Morgan fingerprint density at radius 1 is 1.29 bits per heavy atom. The van der Waals surface area contributed by atoms with Crippen molar-refractivity contribution in [3.8, 4) is 0 Å². The molecule has 0 radical (unpaired) electrons. The van der Waals surface area contributed by atoms with Crippen molar-refractivity contribution in [3.63, 3.8) is 0 Å². The van der Waals surface area contributed by atoms with E-state index in [2.05, 4.69) is 0 Å². The van der Waals surface area contributed by atoms with Crippen LogP contribution in [0, 0.1) is 13.8 Å². The van der Waals surface area contributed by atoms with Crippen molar-refractivity contribution in [1.29, 1.82) is 0 Å². The van der Waals surface area contributed by atoms with Crippen molar-refractivity contribution in [1.82, 2.24) is 0 Å². The molecule has 2 aromatic heterocycles. The molecule has 0 bridgehead atoms. The number of thiophene rings is 1. The monoisotopic (exact) mass is 208 g/mol. The summed E-state index contributed by atoms with van der Waals surface area (Å²) in [5.74, 6) is 0.781. The molecule has 74 valence electrons. The van der Waals surface area contributed by atoms with E-state index >= 15 is 0 Å². The number of aliphatic hydroxyl groups is 1. The molecule has 0 fully saturated rings. The van der Waals surface area contributed by atoms with Gasteiger partial charge in [0.25, 0.3) is 0 Å². The molecule has 14 heavy (non-hydrogen) atoms. The van der Waals surface area contributed by atoms with E-state index in [4.69, 9.17) is 4.42 Å². The first-order valence-corrected chi connectivity index (χ1v) is 5.34. The highest BCUT2D eigenvalue weighted by molar-refractivity contribution is 7.10. The quantitative estimate of drug-likeness (QED) is 0.823. The number of furan rings is 1. The average Bonchev–Trinajstić information content (AvgIpc) is 2.73. The van der Waals surface area contributed by atoms with Crippen molar-refractivity contribution in [3.05, 3.63) is 45.5 Å². The van der Waals surface area contributed by atoms with Crippen LogP contribution in [0.1, 0.15) is 27.9 Å². The lowest BCUT2D eigenvalue weighted by Gasteiger charge is -2.08. The molecule has 1 unspecified atom stereocenters. The van der Waals surface area contributed by atoms with E-state index in [1.165, 1.54) is 0 Å². The lowest BCUT2D eigenvalue weighted by atomic mass is 10.0. The van der Waals surface area contributed by atoms with Gasteiger partial charge in [0.2, 0.25) is 0 Å². The summed E-state index contributed by atoms with van der Waals surface area (Å²) in [6.07, 6.45) is 1.05. The molecule has 0 amide bonds. The molecule has 0 saturated heterocycles. The van der Waals surface area contributed by atoms with Gasteiger partial charge in [0.15, 0.2) is 0 Å². The minimum Gasteiger partial charge on any atom is -0.469 e. The largest absolute Gasteiger partial charge is 0.469 e. The van der Waals surface area contributed by atoms with Crippen molar-refractivity contribution in [2.45, 2.75) is 20.0 Å². The van der Waals surface area contributed by atoms with Gasteiger partial charge in [-0.25, -0.2) is 0 Å². The van der Waals surface area contributed by atoms with E-state index in [1.54, 1.807) is 17.6 Å². The highest BCUT2D eigenvalue weighted by Crippen LogP contribution is 2.29. The third-order valence-corrected chi connectivity index (χ3v) is 3.25. The average molecular weight is 208 g/mol. The zero-order valence-corrected chi connectivity index (χ0v) is 8.97. The Balaban J connectivity index is 2.38. The zero-order valence-electron chi connectivity index (χ0n) is 8.15. The molecular formula is C11H12O2S. The second-order valence-corrected chi connectivity index (χ2v) is 4.39. The highest BCUT2D eigenvalue weighted by atomic mass is 32.1. The maximum atomic E-state index is 10.1. The van der Waals surface area contributed by atoms with Gasteiger partial charge in [-0.2, -0.15) is 0 Å². The minimum absolute atomic E-state index is 0.556. The molecule has 0 aromatic carbocycles. The van der Waals surface area contributed by atoms with Crippen LogP contribution in [0.2, 0.25) is 0 Å². The van der Waals surface area contributed by atoms with Crippen LogP contribution in [-0.4, -0.2) is 5.11 Å². The smallest absolute Gasteiger partial charge is 0.108 e. The molecule has 1 N–H and O–H groups in total. The summed E-state index contributed by atoms with van der Waals surface area (Å²) in [5, 5.41) is 12.1. The lowest BCUT2D eigenvalue weighted by Crippen LogP contribution is -1.99. The van der Waals surface area contributed by atoms with Crippen LogP contribution in [0.15, 0.2) is 28.2 Å². The molecule has 1 atom stereocenters. The maximum Gasteiger partial charge on any atom is 0.108 e. The predicted octanol–water partition coefficient (Wildman–Crippen LogP) is 3.04. The third-order valence-electron chi connectivity index (χ3n) is 2.39. The van der Waals surface area contributed by atoms with Gasteiger partial charge in [0, 0.05) is 10.4 Å². The first-order chi connectivity index (χ1) is 6.70. The summed E-state index contributed by atoms with van der Waals surface area (Å²) < 4.78 is 5.17. The summed E-state index contributed by atoms with van der Waals surface area (Å²) in [7, 11) is 0. The summed E-state index contributed by atoms with van der Waals surface area (Å²) in [4.78, 5) is 1.15. The van der Waals surface area contributed by atoms with E-state index in [0.29, 0.717) is 0 Å². The molecule has 2 nitrogen and oxygen atoms in total. The molecule has 0 saturated carbocycles. The third kappa shape index (κ3) is 1.49. The molecule has 2 rings (SSSR count). The summed E-state index contributed by atoms with van der Waals surface area (Å²) in [6, 6.07) is 3.77. The standard InChI is InChI=1S/C11H12O2S/c1-7-9(3-5-13-7)11(12)10-4-6-14-8(10)2/h3-6,11-12H,1-2H3. The Bertz CT molecular complexity index is 388. The molecule has 0 aliphatic rings. The highest BCUT2D eigenvalue weighted by Gasteiger charge is 2.17. The second-order valence-electron chi connectivity index (χ2n) is 3.27. The van der Waals surface area contributed by atoms with E-state index in [1.807, 2.05) is 31.4 Å². The molecule has 2 aromatic rings. The Kier molecular flexibility index (Phi) is 2.44. The number of rotatable bonds is 2. The van der Waals surface area contributed by atoms with E-state index < -0.39 is 6.10 Å². The normalized spacial score (nSPS) is 13.1. The Morgan fingerprint density at radius 3 is 2.57 bits per heavy atom. The van der Waals surface area contributed by atoms with Gasteiger partial charge in [0.1, 0.15) is 11.9 Å². The van der Waals surface area contributed by atoms with E-state index in [-0.39, 0.29) is 0 Å². The van der Waals surface area contributed by atoms with Crippen LogP contribution < -0.4 is 0 Å². The molecule has 0 spiro atoms. The number of hydrogen-bond donors (Lipinski definition) is 1. The fraction of sp³-hybridized carbons (Fsp3) is 0.273. The van der Waals surface area contributed by atoms with Gasteiger partial charge in [-0.05, 0) is 36.9 Å². The maximum absolute atomic E-state index is 10.1. The summed E-state index contributed by atoms with van der Waals surface area (Å²) >= 11 is 1.65. The molecule has 0 aliphatic heterocycles. The van der Waals surface area contributed by atoms with Crippen molar-refractivity contribution >= 4 is 11.3 Å². The van der Waals surface area contributed by atoms with Crippen molar-refractivity contribution < 1.29 is 9.52 Å². The van der Waals surface area contributed by atoms with Crippen LogP contribution in [0.4, 0.5) is 0 Å². The van der Waals surface area contributed by atoms with Crippen molar-refractivity contribution in [2.24, 2.45) is 0 Å². The summed E-state index contributed by atoms with van der Waals surface area (Å²) in [6.45, 7) is 3.87.